The number of ether oxygens (including phenoxy) is 1. The number of unbranched alkanes of at least 4 members (excludes halogenated alkanes) is 1. The van der Waals surface area contributed by atoms with Gasteiger partial charge in [0.25, 0.3) is 0 Å². The fourth-order valence-electron chi connectivity index (χ4n) is 5.52. The van der Waals surface area contributed by atoms with Crippen LogP contribution in [0, 0.1) is 11.8 Å². The number of methoxy groups -OCH3 is 1. The highest BCUT2D eigenvalue weighted by atomic mass is 16.5. The molecule has 1 aromatic rings. The Labute approximate surface area is 169 Å². The third kappa shape index (κ3) is 3.50. The van der Waals surface area contributed by atoms with Crippen LogP contribution in [0.2, 0.25) is 0 Å². The number of rotatable bonds is 7. The van der Waals surface area contributed by atoms with Crippen LogP contribution in [0.5, 0.6) is 5.75 Å². The first-order valence-corrected chi connectivity index (χ1v) is 11.1. The van der Waals surface area contributed by atoms with Crippen LogP contribution in [0.25, 0.3) is 0 Å². The normalized spacial score (nSPS) is 30.2. The maximum atomic E-state index is 13.6. The van der Waals surface area contributed by atoms with Crippen LogP contribution in [0.4, 0.5) is 0 Å². The van der Waals surface area contributed by atoms with Crippen LogP contribution in [0.1, 0.15) is 73.9 Å². The van der Waals surface area contributed by atoms with E-state index in [4.69, 9.17) is 4.74 Å². The number of phenolic OH excluding ortho intramolecular Hbond substituents is 1. The fourth-order valence-corrected chi connectivity index (χ4v) is 5.52. The van der Waals surface area contributed by atoms with E-state index in [1.54, 1.807) is 7.11 Å². The minimum Gasteiger partial charge on any atom is -0.508 e. The number of aryl methyl sites for hydroxylation is 1. The lowest BCUT2D eigenvalue weighted by molar-refractivity contribution is 0.0642. The summed E-state index contributed by atoms with van der Waals surface area (Å²) in [5, 5.41) is 10.7. The fraction of sp³-hybridized carbons (Fsp3) is 0.708. The van der Waals surface area contributed by atoms with Crippen molar-refractivity contribution in [2.75, 3.05) is 26.8 Å². The Bertz CT molecular complexity index is 742. The molecule has 1 heterocycles. The molecule has 0 amide bonds. The highest BCUT2D eigenvalue weighted by Gasteiger charge is 2.51. The molecule has 1 aliphatic heterocycles. The molecular formula is C24H35NO3. The van der Waals surface area contributed by atoms with Crippen LogP contribution in [0.3, 0.4) is 0 Å². The first-order valence-electron chi connectivity index (χ1n) is 11.1. The summed E-state index contributed by atoms with van der Waals surface area (Å²) in [4.78, 5) is 16.1. The summed E-state index contributed by atoms with van der Waals surface area (Å²) in [6.45, 7) is 7.41. The zero-order chi connectivity index (χ0) is 19.9. The molecule has 3 aliphatic rings. The molecule has 1 saturated heterocycles. The average molecular weight is 386 g/mol. The Morgan fingerprint density at radius 2 is 2.07 bits per heavy atom. The predicted molar refractivity (Wildman–Crippen MR) is 111 cm³/mol. The van der Waals surface area contributed by atoms with Crippen molar-refractivity contribution in [2.24, 2.45) is 11.8 Å². The molecule has 3 atom stereocenters. The lowest BCUT2D eigenvalue weighted by atomic mass is 9.61. The molecule has 28 heavy (non-hydrogen) atoms. The summed E-state index contributed by atoms with van der Waals surface area (Å²) in [6.07, 6.45) is 7.55. The number of benzene rings is 1. The molecule has 2 bridgehead atoms. The summed E-state index contributed by atoms with van der Waals surface area (Å²) in [6, 6.07) is 3.92. The SMILES string of the molecule is COCCCCc1cc2c(cc1O)[C@@]1(C)CCCN(CC3CC3)[C@H](C2=O)[C@@H]1C. The molecule has 4 heteroatoms. The summed E-state index contributed by atoms with van der Waals surface area (Å²) in [5.74, 6) is 1.71. The van der Waals surface area contributed by atoms with Gasteiger partial charge in [0.05, 0.1) is 6.04 Å². The second kappa shape index (κ2) is 7.79. The number of hydrogen-bond acceptors (Lipinski definition) is 4. The van der Waals surface area contributed by atoms with Gasteiger partial charge < -0.3 is 9.84 Å². The van der Waals surface area contributed by atoms with Crippen molar-refractivity contribution in [2.45, 2.75) is 70.3 Å². The molecule has 0 unspecified atom stereocenters. The van der Waals surface area contributed by atoms with Gasteiger partial charge in [-0.1, -0.05) is 13.8 Å². The largest absolute Gasteiger partial charge is 0.508 e. The summed E-state index contributed by atoms with van der Waals surface area (Å²) >= 11 is 0. The maximum absolute atomic E-state index is 13.6. The number of carbonyl (C=O) groups is 1. The van der Waals surface area contributed by atoms with Gasteiger partial charge in [0.15, 0.2) is 5.78 Å². The third-order valence-electron chi connectivity index (χ3n) is 7.62. The first-order chi connectivity index (χ1) is 13.5. The Balaban J connectivity index is 1.68. The van der Waals surface area contributed by atoms with Crippen LogP contribution in [-0.4, -0.2) is 48.6 Å². The molecule has 2 fully saturated rings. The number of fused-ring (bicyclic) bond motifs is 4. The Hall–Kier alpha value is -1.39. The Morgan fingerprint density at radius 1 is 1.29 bits per heavy atom. The summed E-state index contributed by atoms with van der Waals surface area (Å²) in [7, 11) is 1.71. The standard InChI is InChI=1S/C24H35NO3/c1-16-22-23(27)19-13-18(7-4-5-12-28-3)21(26)14-20(19)24(16,2)10-6-11-25(22)15-17-8-9-17/h13-14,16-17,22,26H,4-12,15H2,1-3H3/t16-,22-,24-/m0/s1. The second-order valence-corrected chi connectivity index (χ2v) is 9.53. The maximum Gasteiger partial charge on any atom is 0.180 e. The van der Waals surface area contributed by atoms with Crippen molar-refractivity contribution in [1.82, 2.24) is 4.90 Å². The van der Waals surface area contributed by atoms with Crippen molar-refractivity contribution >= 4 is 5.78 Å². The van der Waals surface area contributed by atoms with E-state index >= 15 is 0 Å². The number of nitrogens with zero attached hydrogens (tertiary/aromatic N) is 1. The molecule has 0 spiro atoms. The molecule has 0 radical (unpaired) electrons. The zero-order valence-corrected chi connectivity index (χ0v) is 17.7. The van der Waals surface area contributed by atoms with E-state index in [1.165, 1.54) is 12.8 Å². The van der Waals surface area contributed by atoms with Gasteiger partial charge in [0, 0.05) is 25.8 Å². The predicted octanol–water partition coefficient (Wildman–Crippen LogP) is 4.33. The minimum atomic E-state index is -0.0434. The molecule has 2 aliphatic carbocycles. The van der Waals surface area contributed by atoms with Gasteiger partial charge in [0.1, 0.15) is 5.75 Å². The number of phenols is 1. The van der Waals surface area contributed by atoms with Crippen LogP contribution >= 0.6 is 0 Å². The van der Waals surface area contributed by atoms with E-state index in [0.717, 1.165) is 74.4 Å². The molecule has 1 aromatic carbocycles. The van der Waals surface area contributed by atoms with E-state index in [2.05, 4.69) is 18.7 Å². The highest BCUT2D eigenvalue weighted by Crippen LogP contribution is 2.50. The van der Waals surface area contributed by atoms with Gasteiger partial charge in [-0.3, -0.25) is 9.69 Å². The molecule has 1 N–H and O–H groups in total. The zero-order valence-electron chi connectivity index (χ0n) is 17.7. The van der Waals surface area contributed by atoms with Crippen molar-refractivity contribution in [1.29, 1.82) is 0 Å². The highest BCUT2D eigenvalue weighted by molar-refractivity contribution is 6.04. The summed E-state index contributed by atoms with van der Waals surface area (Å²) < 4.78 is 5.13. The van der Waals surface area contributed by atoms with E-state index < -0.39 is 0 Å². The topological polar surface area (TPSA) is 49.8 Å². The van der Waals surface area contributed by atoms with Crippen LogP contribution in [-0.2, 0) is 16.6 Å². The Morgan fingerprint density at radius 3 is 2.79 bits per heavy atom. The molecule has 4 nitrogen and oxygen atoms in total. The smallest absolute Gasteiger partial charge is 0.180 e. The number of aromatic hydroxyl groups is 1. The van der Waals surface area contributed by atoms with Crippen LogP contribution < -0.4 is 0 Å². The van der Waals surface area contributed by atoms with E-state index in [-0.39, 0.29) is 23.2 Å². The first kappa shape index (κ1) is 19.9. The van der Waals surface area contributed by atoms with Crippen molar-refractivity contribution in [3.05, 3.63) is 28.8 Å². The lowest BCUT2D eigenvalue weighted by Crippen LogP contribution is -2.53. The second-order valence-electron chi connectivity index (χ2n) is 9.53. The van der Waals surface area contributed by atoms with Crippen molar-refractivity contribution in [3.63, 3.8) is 0 Å². The van der Waals surface area contributed by atoms with Gasteiger partial charge in [-0.15, -0.1) is 0 Å². The van der Waals surface area contributed by atoms with Gasteiger partial charge in [0.2, 0.25) is 0 Å². The van der Waals surface area contributed by atoms with Crippen molar-refractivity contribution in [3.8, 4) is 5.75 Å². The molecule has 0 aromatic heterocycles. The average Bonchev–Trinajstić information content (AvgIpc) is 3.49. The number of Topliss-reactive ketones (excluding diaryl/α,β-unsaturated/α-hetero) is 1. The number of likely N-dealkylation sites (tertiary alicyclic amines) is 1. The molecule has 4 rings (SSSR count). The van der Waals surface area contributed by atoms with Crippen LogP contribution in [0.15, 0.2) is 12.1 Å². The van der Waals surface area contributed by atoms with E-state index in [9.17, 15) is 9.90 Å². The van der Waals surface area contributed by atoms with Gasteiger partial charge in [-0.05, 0) is 92.0 Å². The van der Waals surface area contributed by atoms with E-state index in [1.807, 2.05) is 12.1 Å². The lowest BCUT2D eigenvalue weighted by Gasteiger charge is -2.46. The third-order valence-corrected chi connectivity index (χ3v) is 7.62. The Kier molecular flexibility index (Phi) is 5.54. The number of ketones is 1. The van der Waals surface area contributed by atoms with E-state index in [0.29, 0.717) is 5.75 Å². The van der Waals surface area contributed by atoms with Gasteiger partial charge in [-0.2, -0.15) is 0 Å². The van der Waals surface area contributed by atoms with Gasteiger partial charge in [-0.25, -0.2) is 0 Å². The minimum absolute atomic E-state index is 0.00788. The van der Waals surface area contributed by atoms with Crippen molar-refractivity contribution < 1.29 is 14.6 Å². The quantitative estimate of drug-likeness (QED) is 0.710. The number of hydrogen-bond donors (Lipinski definition) is 1. The molecule has 154 valence electrons. The summed E-state index contributed by atoms with van der Waals surface area (Å²) in [5.41, 5.74) is 2.81. The number of carbonyl (C=O) groups excluding carboxylic acids is 1. The van der Waals surface area contributed by atoms with Gasteiger partial charge >= 0.3 is 0 Å². The molecular weight excluding hydrogens is 350 g/mol. The molecule has 1 saturated carbocycles. The monoisotopic (exact) mass is 385 g/mol.